The first kappa shape index (κ1) is 16.5. The van der Waals surface area contributed by atoms with Crippen molar-refractivity contribution in [2.45, 2.75) is 37.6 Å². The van der Waals surface area contributed by atoms with Gasteiger partial charge in [-0.3, -0.25) is 4.79 Å². The van der Waals surface area contributed by atoms with Gasteiger partial charge in [-0.15, -0.1) is 0 Å². The molecule has 1 fully saturated rings. The highest BCUT2D eigenvalue weighted by atomic mass is 79.9. The molecule has 0 bridgehead atoms. The zero-order valence-electron chi connectivity index (χ0n) is 11.9. The average Bonchev–Trinajstić information content (AvgIpc) is 2.41. The molecule has 2 atom stereocenters. The quantitative estimate of drug-likeness (QED) is 0.880. The van der Waals surface area contributed by atoms with E-state index in [0.717, 1.165) is 4.31 Å². The van der Waals surface area contributed by atoms with Crippen molar-refractivity contribution in [1.82, 2.24) is 4.31 Å². The number of halogens is 1. The Hall–Kier alpha value is -0.920. The van der Waals surface area contributed by atoms with Gasteiger partial charge in [0.1, 0.15) is 6.04 Å². The van der Waals surface area contributed by atoms with E-state index in [-0.39, 0.29) is 17.4 Å². The molecule has 1 aliphatic heterocycles. The maximum atomic E-state index is 12.8. The number of nitrogens with zero attached hydrogens (tertiary/aromatic N) is 1. The molecular weight excluding hydrogens is 358 g/mol. The molecular formula is C14H18BrNO4S. The first-order valence-corrected chi connectivity index (χ1v) is 8.97. The standard InChI is InChI=1S/C14H18BrNO4S/c1-9-5-6-16(12(7-9)14(17)18)21(19,20)13-8-11(15)4-3-10(13)2/h3-4,8-9,12H,5-7H2,1-2H3,(H,17,18). The van der Waals surface area contributed by atoms with Gasteiger partial charge >= 0.3 is 5.97 Å². The van der Waals surface area contributed by atoms with Crippen LogP contribution in [0, 0.1) is 12.8 Å². The first-order chi connectivity index (χ1) is 9.73. The molecule has 2 rings (SSSR count). The molecule has 0 saturated carbocycles. The SMILES string of the molecule is Cc1ccc(Br)cc1S(=O)(=O)N1CCC(C)CC1C(=O)O. The van der Waals surface area contributed by atoms with Crippen molar-refractivity contribution in [3.8, 4) is 0 Å². The Bertz CT molecular complexity index is 659. The number of carbonyl (C=O) groups is 1. The Kier molecular flexibility index (Phi) is 4.75. The first-order valence-electron chi connectivity index (χ1n) is 6.74. The second-order valence-corrected chi connectivity index (χ2v) is 8.28. The predicted molar refractivity (Wildman–Crippen MR) is 82.6 cm³/mol. The van der Waals surface area contributed by atoms with Gasteiger partial charge in [0, 0.05) is 11.0 Å². The van der Waals surface area contributed by atoms with Crippen LogP contribution in [-0.2, 0) is 14.8 Å². The third-order valence-corrected chi connectivity index (χ3v) is 6.38. The molecule has 5 nitrogen and oxygen atoms in total. The van der Waals surface area contributed by atoms with Crippen LogP contribution in [0.1, 0.15) is 25.3 Å². The fourth-order valence-corrected chi connectivity index (χ4v) is 4.98. The summed E-state index contributed by atoms with van der Waals surface area (Å²) in [4.78, 5) is 11.6. The number of benzene rings is 1. The van der Waals surface area contributed by atoms with Crippen LogP contribution in [0.5, 0.6) is 0 Å². The van der Waals surface area contributed by atoms with Crippen molar-refractivity contribution >= 4 is 31.9 Å². The largest absolute Gasteiger partial charge is 0.480 e. The Labute approximate surface area is 133 Å². The topological polar surface area (TPSA) is 74.7 Å². The molecule has 1 saturated heterocycles. The molecule has 2 unspecified atom stereocenters. The third-order valence-electron chi connectivity index (χ3n) is 3.84. The lowest BCUT2D eigenvalue weighted by Gasteiger charge is -2.35. The van der Waals surface area contributed by atoms with Gasteiger partial charge in [0.15, 0.2) is 0 Å². The van der Waals surface area contributed by atoms with Crippen LogP contribution < -0.4 is 0 Å². The predicted octanol–water partition coefficient (Wildman–Crippen LogP) is 2.63. The third kappa shape index (κ3) is 3.30. The molecule has 21 heavy (non-hydrogen) atoms. The molecule has 1 heterocycles. The summed E-state index contributed by atoms with van der Waals surface area (Å²) in [5.41, 5.74) is 0.612. The summed E-state index contributed by atoms with van der Waals surface area (Å²) in [6.45, 7) is 3.90. The number of hydrogen-bond donors (Lipinski definition) is 1. The zero-order chi connectivity index (χ0) is 15.8. The Morgan fingerprint density at radius 3 is 2.71 bits per heavy atom. The van der Waals surface area contributed by atoms with Crippen molar-refractivity contribution in [2.75, 3.05) is 6.54 Å². The van der Waals surface area contributed by atoms with E-state index in [1.807, 2.05) is 6.92 Å². The second kappa shape index (κ2) is 6.06. The van der Waals surface area contributed by atoms with Crippen LogP contribution in [0.25, 0.3) is 0 Å². The number of sulfonamides is 1. The maximum Gasteiger partial charge on any atom is 0.322 e. The maximum absolute atomic E-state index is 12.8. The lowest BCUT2D eigenvalue weighted by molar-refractivity contribution is -0.143. The van der Waals surface area contributed by atoms with Gasteiger partial charge in [-0.1, -0.05) is 28.9 Å². The molecule has 1 aromatic carbocycles. The number of piperidine rings is 1. The number of rotatable bonds is 3. The molecule has 0 aliphatic carbocycles. The van der Waals surface area contributed by atoms with E-state index in [4.69, 9.17) is 0 Å². The Morgan fingerprint density at radius 1 is 1.43 bits per heavy atom. The summed E-state index contributed by atoms with van der Waals surface area (Å²) >= 11 is 3.27. The normalized spacial score (nSPS) is 24.0. The monoisotopic (exact) mass is 375 g/mol. The summed E-state index contributed by atoms with van der Waals surface area (Å²) in [5, 5.41) is 9.35. The van der Waals surface area contributed by atoms with Gasteiger partial charge < -0.3 is 5.11 Å². The van der Waals surface area contributed by atoms with Crippen molar-refractivity contribution in [3.63, 3.8) is 0 Å². The van der Waals surface area contributed by atoms with Crippen LogP contribution in [0.3, 0.4) is 0 Å². The van der Waals surface area contributed by atoms with E-state index >= 15 is 0 Å². The van der Waals surface area contributed by atoms with Gasteiger partial charge in [0.25, 0.3) is 0 Å². The van der Waals surface area contributed by atoms with Gasteiger partial charge in [-0.05, 0) is 43.4 Å². The van der Waals surface area contributed by atoms with Crippen LogP contribution in [0.15, 0.2) is 27.6 Å². The van der Waals surface area contributed by atoms with Crippen LogP contribution in [0.4, 0.5) is 0 Å². The molecule has 0 aromatic heterocycles. The smallest absolute Gasteiger partial charge is 0.322 e. The molecule has 1 N–H and O–H groups in total. The van der Waals surface area contributed by atoms with E-state index in [9.17, 15) is 18.3 Å². The van der Waals surface area contributed by atoms with Gasteiger partial charge in [-0.2, -0.15) is 4.31 Å². The molecule has 7 heteroatoms. The van der Waals surface area contributed by atoms with E-state index < -0.39 is 22.0 Å². The summed E-state index contributed by atoms with van der Waals surface area (Å²) in [6, 6.07) is 4.01. The van der Waals surface area contributed by atoms with E-state index in [1.54, 1.807) is 19.1 Å². The molecule has 0 radical (unpaired) electrons. The Morgan fingerprint density at radius 2 is 2.10 bits per heavy atom. The number of aliphatic carboxylic acids is 1. The van der Waals surface area contributed by atoms with Crippen LogP contribution >= 0.6 is 15.9 Å². The number of hydrogen-bond acceptors (Lipinski definition) is 3. The van der Waals surface area contributed by atoms with Crippen molar-refractivity contribution in [3.05, 3.63) is 28.2 Å². The van der Waals surface area contributed by atoms with Crippen LogP contribution in [0.2, 0.25) is 0 Å². The van der Waals surface area contributed by atoms with Gasteiger partial charge in [0.05, 0.1) is 4.90 Å². The number of carboxylic acid groups (broad SMARTS) is 1. The van der Waals surface area contributed by atoms with Gasteiger partial charge in [0.2, 0.25) is 10.0 Å². The summed E-state index contributed by atoms with van der Waals surface area (Å²) in [7, 11) is -3.81. The highest BCUT2D eigenvalue weighted by molar-refractivity contribution is 9.10. The molecule has 1 aliphatic rings. The molecule has 0 amide bonds. The minimum absolute atomic E-state index is 0.165. The number of carboxylic acids is 1. The highest BCUT2D eigenvalue weighted by Crippen LogP contribution is 2.31. The van der Waals surface area contributed by atoms with Crippen molar-refractivity contribution in [1.29, 1.82) is 0 Å². The molecule has 1 aromatic rings. The average molecular weight is 376 g/mol. The fourth-order valence-electron chi connectivity index (χ4n) is 2.61. The minimum atomic E-state index is -3.81. The Balaban J connectivity index is 2.46. The highest BCUT2D eigenvalue weighted by Gasteiger charge is 2.40. The molecule has 116 valence electrons. The number of aryl methyl sites for hydroxylation is 1. The van der Waals surface area contributed by atoms with E-state index in [2.05, 4.69) is 15.9 Å². The second-order valence-electron chi connectivity index (χ2n) is 5.51. The lowest BCUT2D eigenvalue weighted by Crippen LogP contribution is -2.49. The van der Waals surface area contributed by atoms with Crippen molar-refractivity contribution in [2.24, 2.45) is 5.92 Å². The summed E-state index contributed by atoms with van der Waals surface area (Å²) in [5.74, 6) is -0.876. The van der Waals surface area contributed by atoms with Crippen molar-refractivity contribution < 1.29 is 18.3 Å². The molecule has 0 spiro atoms. The zero-order valence-corrected chi connectivity index (χ0v) is 14.3. The van der Waals surface area contributed by atoms with Gasteiger partial charge in [-0.25, -0.2) is 8.42 Å². The van der Waals surface area contributed by atoms with Crippen LogP contribution in [-0.4, -0.2) is 36.4 Å². The van der Waals surface area contributed by atoms with E-state index in [1.165, 1.54) is 6.07 Å². The lowest BCUT2D eigenvalue weighted by atomic mass is 9.94. The fraction of sp³-hybridized carbons (Fsp3) is 0.500. The summed E-state index contributed by atoms with van der Waals surface area (Å²) < 4.78 is 27.4. The minimum Gasteiger partial charge on any atom is -0.480 e. The van der Waals surface area contributed by atoms with E-state index in [0.29, 0.717) is 22.9 Å². The summed E-state index contributed by atoms with van der Waals surface area (Å²) in [6.07, 6.45) is 1.03.